The highest BCUT2D eigenvalue weighted by molar-refractivity contribution is 8.14. The number of benzene rings is 1. The summed E-state index contributed by atoms with van der Waals surface area (Å²) in [5.41, 5.74) is 1.39. The standard InChI is InChI=1S/C16H22N2S2/c1-2-19-14-9-8-13(10-14)18-16-17-11-15(20-16)12-6-4-3-5-7-12/h3-7,13-15H,2,8-11H2,1H3,(H,17,18). The van der Waals surface area contributed by atoms with Gasteiger partial charge in [0.05, 0.1) is 11.8 Å². The van der Waals surface area contributed by atoms with Gasteiger partial charge in [-0.15, -0.1) is 0 Å². The Balaban J connectivity index is 1.49. The van der Waals surface area contributed by atoms with Crippen LogP contribution in [0, 0.1) is 0 Å². The molecule has 1 aromatic carbocycles. The SMILES string of the molecule is CCSC1CCC(NC2=NCC(c3ccccc3)S2)C1. The number of nitrogens with zero attached hydrogens (tertiary/aromatic N) is 1. The average Bonchev–Trinajstić information content (AvgIpc) is 3.11. The van der Waals surface area contributed by atoms with E-state index in [1.165, 1.54) is 30.6 Å². The van der Waals surface area contributed by atoms with E-state index in [-0.39, 0.29) is 0 Å². The molecule has 3 atom stereocenters. The second-order valence-corrected chi connectivity index (χ2v) is 8.16. The topological polar surface area (TPSA) is 24.4 Å². The lowest BCUT2D eigenvalue weighted by Crippen LogP contribution is -2.30. The molecule has 0 spiro atoms. The van der Waals surface area contributed by atoms with Gasteiger partial charge in [0.25, 0.3) is 0 Å². The van der Waals surface area contributed by atoms with Crippen molar-refractivity contribution in [1.82, 2.24) is 5.32 Å². The van der Waals surface area contributed by atoms with E-state index >= 15 is 0 Å². The maximum Gasteiger partial charge on any atom is 0.157 e. The lowest BCUT2D eigenvalue weighted by atomic mass is 10.1. The van der Waals surface area contributed by atoms with E-state index in [9.17, 15) is 0 Å². The second-order valence-electron chi connectivity index (χ2n) is 5.39. The molecule has 3 rings (SSSR count). The summed E-state index contributed by atoms with van der Waals surface area (Å²) in [5.74, 6) is 1.24. The molecule has 1 heterocycles. The number of nitrogens with one attached hydrogen (secondary N) is 1. The Morgan fingerprint density at radius 1 is 1.30 bits per heavy atom. The van der Waals surface area contributed by atoms with Crippen molar-refractivity contribution in [2.24, 2.45) is 4.99 Å². The molecule has 0 saturated heterocycles. The van der Waals surface area contributed by atoms with E-state index in [1.807, 2.05) is 11.8 Å². The Kier molecular flexibility index (Phi) is 4.94. The highest BCUT2D eigenvalue weighted by atomic mass is 32.2. The van der Waals surface area contributed by atoms with Crippen molar-refractivity contribution in [2.45, 2.75) is 42.7 Å². The quantitative estimate of drug-likeness (QED) is 0.906. The summed E-state index contributed by atoms with van der Waals surface area (Å²) >= 11 is 4.01. The zero-order valence-corrected chi connectivity index (χ0v) is 13.6. The predicted octanol–water partition coefficient (Wildman–Crippen LogP) is 4.09. The first kappa shape index (κ1) is 14.3. The molecule has 108 valence electrons. The van der Waals surface area contributed by atoms with Crippen molar-refractivity contribution in [3.63, 3.8) is 0 Å². The summed E-state index contributed by atoms with van der Waals surface area (Å²) in [6, 6.07) is 11.4. The number of amidine groups is 1. The molecule has 1 N–H and O–H groups in total. The van der Waals surface area contributed by atoms with Crippen LogP contribution in [0.15, 0.2) is 35.3 Å². The van der Waals surface area contributed by atoms with Crippen LogP contribution >= 0.6 is 23.5 Å². The maximum absolute atomic E-state index is 4.69. The Morgan fingerprint density at radius 3 is 2.95 bits per heavy atom. The highest BCUT2D eigenvalue weighted by Crippen LogP contribution is 2.36. The van der Waals surface area contributed by atoms with E-state index in [2.05, 4.69) is 59.3 Å². The van der Waals surface area contributed by atoms with Crippen LogP contribution < -0.4 is 5.32 Å². The van der Waals surface area contributed by atoms with Gasteiger partial charge < -0.3 is 5.32 Å². The van der Waals surface area contributed by atoms with Gasteiger partial charge in [-0.05, 0) is 30.6 Å². The van der Waals surface area contributed by atoms with E-state index in [4.69, 9.17) is 0 Å². The molecule has 2 aliphatic rings. The Hall–Kier alpha value is -0.610. The number of hydrogen-bond acceptors (Lipinski definition) is 4. The average molecular weight is 307 g/mol. The van der Waals surface area contributed by atoms with Crippen molar-refractivity contribution in [2.75, 3.05) is 12.3 Å². The van der Waals surface area contributed by atoms with E-state index in [0.717, 1.165) is 17.0 Å². The van der Waals surface area contributed by atoms with Crippen molar-refractivity contribution < 1.29 is 0 Å². The molecule has 1 aromatic rings. The minimum absolute atomic E-state index is 0.501. The Labute approximate surface area is 130 Å². The molecule has 0 amide bonds. The number of thioether (sulfide) groups is 2. The summed E-state index contributed by atoms with van der Waals surface area (Å²) in [6.07, 6.45) is 3.96. The molecular weight excluding hydrogens is 284 g/mol. The van der Waals surface area contributed by atoms with Crippen LogP contribution in [0.5, 0.6) is 0 Å². The Bertz CT molecular complexity index is 461. The summed E-state index contributed by atoms with van der Waals surface area (Å²) in [6.45, 7) is 3.17. The van der Waals surface area contributed by atoms with Gasteiger partial charge in [-0.25, -0.2) is 0 Å². The van der Waals surface area contributed by atoms with E-state index in [1.54, 1.807) is 0 Å². The molecule has 1 aliphatic heterocycles. The monoisotopic (exact) mass is 306 g/mol. The van der Waals surface area contributed by atoms with Crippen LogP contribution in [0.1, 0.15) is 37.0 Å². The summed E-state index contributed by atoms with van der Waals surface area (Å²) < 4.78 is 0. The molecular formula is C16H22N2S2. The van der Waals surface area contributed by atoms with Crippen molar-refractivity contribution >= 4 is 28.7 Å². The molecule has 0 aromatic heterocycles. The molecule has 2 nitrogen and oxygen atoms in total. The molecule has 1 aliphatic carbocycles. The van der Waals surface area contributed by atoms with Gasteiger partial charge in [0.15, 0.2) is 5.17 Å². The second kappa shape index (κ2) is 6.90. The summed E-state index contributed by atoms with van der Waals surface area (Å²) in [5, 5.41) is 6.18. The third-order valence-corrected chi connectivity index (χ3v) is 6.35. The first-order chi connectivity index (χ1) is 9.85. The fourth-order valence-corrected chi connectivity index (χ4v) is 5.17. The van der Waals surface area contributed by atoms with E-state index in [0.29, 0.717) is 11.3 Å². The van der Waals surface area contributed by atoms with Crippen LogP contribution in [-0.4, -0.2) is 28.8 Å². The van der Waals surface area contributed by atoms with Crippen LogP contribution in [0.3, 0.4) is 0 Å². The highest BCUT2D eigenvalue weighted by Gasteiger charge is 2.28. The van der Waals surface area contributed by atoms with Crippen molar-refractivity contribution in [3.05, 3.63) is 35.9 Å². The van der Waals surface area contributed by atoms with Crippen molar-refractivity contribution in [1.29, 1.82) is 0 Å². The molecule has 0 radical (unpaired) electrons. The van der Waals surface area contributed by atoms with Crippen LogP contribution in [-0.2, 0) is 0 Å². The zero-order chi connectivity index (χ0) is 13.8. The fourth-order valence-electron chi connectivity index (χ4n) is 2.93. The van der Waals surface area contributed by atoms with Gasteiger partial charge in [0.2, 0.25) is 0 Å². The van der Waals surface area contributed by atoms with Gasteiger partial charge in [0.1, 0.15) is 0 Å². The summed E-state index contributed by atoms with van der Waals surface area (Å²) in [4.78, 5) is 4.69. The largest absolute Gasteiger partial charge is 0.362 e. The minimum Gasteiger partial charge on any atom is -0.362 e. The smallest absolute Gasteiger partial charge is 0.157 e. The lowest BCUT2D eigenvalue weighted by molar-refractivity contribution is 0.636. The fraction of sp³-hybridized carbons (Fsp3) is 0.562. The minimum atomic E-state index is 0.501. The third-order valence-electron chi connectivity index (χ3n) is 3.94. The van der Waals surface area contributed by atoms with Crippen LogP contribution in [0.25, 0.3) is 0 Å². The number of rotatable bonds is 4. The molecule has 0 bridgehead atoms. The van der Waals surface area contributed by atoms with Gasteiger partial charge >= 0.3 is 0 Å². The van der Waals surface area contributed by atoms with Crippen LogP contribution in [0.4, 0.5) is 0 Å². The third kappa shape index (κ3) is 3.53. The molecule has 1 saturated carbocycles. The molecule has 1 fully saturated rings. The first-order valence-corrected chi connectivity index (χ1v) is 9.42. The lowest BCUT2D eigenvalue weighted by Gasteiger charge is -2.14. The summed E-state index contributed by atoms with van der Waals surface area (Å²) in [7, 11) is 0. The molecule has 3 unspecified atom stereocenters. The van der Waals surface area contributed by atoms with Crippen LogP contribution in [0.2, 0.25) is 0 Å². The van der Waals surface area contributed by atoms with Gasteiger partial charge in [-0.1, -0.05) is 49.0 Å². The number of aliphatic imine (C=N–C) groups is 1. The van der Waals surface area contributed by atoms with E-state index < -0.39 is 0 Å². The van der Waals surface area contributed by atoms with Gasteiger partial charge in [-0.3, -0.25) is 4.99 Å². The molecule has 4 heteroatoms. The zero-order valence-electron chi connectivity index (χ0n) is 11.9. The first-order valence-electron chi connectivity index (χ1n) is 7.49. The normalized spacial score (nSPS) is 29.4. The van der Waals surface area contributed by atoms with Crippen molar-refractivity contribution in [3.8, 4) is 0 Å². The molecule has 20 heavy (non-hydrogen) atoms. The number of hydrogen-bond donors (Lipinski definition) is 1. The van der Waals surface area contributed by atoms with Gasteiger partial charge in [0, 0.05) is 11.3 Å². The predicted molar refractivity (Wildman–Crippen MR) is 91.8 cm³/mol. The maximum atomic E-state index is 4.69. The van der Waals surface area contributed by atoms with Gasteiger partial charge in [-0.2, -0.15) is 11.8 Å². The Morgan fingerprint density at radius 2 is 2.15 bits per heavy atom.